The van der Waals surface area contributed by atoms with Crippen molar-refractivity contribution in [1.82, 2.24) is 15.1 Å². The highest BCUT2D eigenvalue weighted by molar-refractivity contribution is 4.94. The first kappa shape index (κ1) is 11.9. The summed E-state index contributed by atoms with van der Waals surface area (Å²) in [4.78, 5) is 5.48. The average molecular weight is 237 g/mol. The Bertz CT molecular complexity index is 240. The van der Waals surface area contributed by atoms with E-state index < -0.39 is 0 Å². The van der Waals surface area contributed by atoms with E-state index in [-0.39, 0.29) is 0 Å². The van der Waals surface area contributed by atoms with Gasteiger partial charge in [-0.2, -0.15) is 0 Å². The molecular weight excluding hydrogens is 210 g/mol. The molecule has 1 atom stereocenters. The number of rotatable bonds is 3. The summed E-state index contributed by atoms with van der Waals surface area (Å²) in [5, 5.41) is 3.60. The van der Waals surface area contributed by atoms with Crippen LogP contribution in [0.15, 0.2) is 0 Å². The van der Waals surface area contributed by atoms with Gasteiger partial charge in [-0.25, -0.2) is 0 Å². The molecule has 17 heavy (non-hydrogen) atoms. The summed E-state index contributed by atoms with van der Waals surface area (Å²) < 4.78 is 0. The zero-order valence-corrected chi connectivity index (χ0v) is 11.2. The molecule has 4 rings (SSSR count). The lowest BCUT2D eigenvalue weighted by atomic mass is 9.82. The second-order valence-electron chi connectivity index (χ2n) is 6.07. The van der Waals surface area contributed by atoms with Crippen molar-refractivity contribution < 1.29 is 0 Å². The lowest BCUT2D eigenvalue weighted by molar-refractivity contribution is -0.00578. The van der Waals surface area contributed by atoms with Crippen LogP contribution < -0.4 is 5.32 Å². The van der Waals surface area contributed by atoms with Crippen LogP contribution in [0.3, 0.4) is 0 Å². The van der Waals surface area contributed by atoms with Crippen molar-refractivity contribution in [2.45, 2.75) is 44.7 Å². The quantitative estimate of drug-likeness (QED) is 0.794. The summed E-state index contributed by atoms with van der Waals surface area (Å²) in [7, 11) is 0. The fourth-order valence-corrected chi connectivity index (χ4v) is 4.07. The summed E-state index contributed by atoms with van der Waals surface area (Å²) in [6.45, 7) is 10.1. The fraction of sp³-hybridized carbons (Fsp3) is 1.00. The number of fused-ring (bicyclic) bond motifs is 3. The number of likely N-dealkylation sites (tertiary alicyclic amines) is 1. The van der Waals surface area contributed by atoms with Crippen molar-refractivity contribution in [3.8, 4) is 0 Å². The summed E-state index contributed by atoms with van der Waals surface area (Å²) in [5.41, 5.74) is 0. The summed E-state index contributed by atoms with van der Waals surface area (Å²) in [6.07, 6.45) is 5.63. The van der Waals surface area contributed by atoms with Gasteiger partial charge in [-0.15, -0.1) is 0 Å². The van der Waals surface area contributed by atoms with E-state index in [4.69, 9.17) is 0 Å². The van der Waals surface area contributed by atoms with E-state index in [1.165, 1.54) is 58.4 Å². The van der Waals surface area contributed by atoms with Crippen LogP contribution in [0.4, 0.5) is 0 Å². The second kappa shape index (κ2) is 5.25. The predicted octanol–water partition coefficient (Wildman–Crippen LogP) is 1.15. The minimum absolute atomic E-state index is 0.789. The van der Waals surface area contributed by atoms with Crippen LogP contribution >= 0.6 is 0 Å². The van der Waals surface area contributed by atoms with Crippen LogP contribution in [-0.4, -0.2) is 61.2 Å². The Morgan fingerprint density at radius 2 is 1.71 bits per heavy atom. The normalized spacial score (nSPS) is 39.7. The Morgan fingerprint density at radius 3 is 2.24 bits per heavy atom. The van der Waals surface area contributed by atoms with E-state index in [0.29, 0.717) is 0 Å². The highest BCUT2D eigenvalue weighted by atomic mass is 15.3. The molecule has 4 aliphatic rings. The first-order chi connectivity index (χ1) is 8.36. The van der Waals surface area contributed by atoms with Crippen LogP contribution in [0.25, 0.3) is 0 Å². The number of nitrogens with one attached hydrogen (secondary N) is 1. The lowest BCUT2D eigenvalue weighted by Crippen LogP contribution is -2.59. The first-order valence-corrected chi connectivity index (χ1v) is 7.56. The van der Waals surface area contributed by atoms with Crippen molar-refractivity contribution in [1.29, 1.82) is 0 Å². The molecule has 98 valence electrons. The van der Waals surface area contributed by atoms with Gasteiger partial charge in [0.25, 0.3) is 0 Å². The first-order valence-electron chi connectivity index (χ1n) is 7.56. The van der Waals surface area contributed by atoms with Gasteiger partial charge in [0.05, 0.1) is 0 Å². The third-order valence-corrected chi connectivity index (χ3v) is 5.11. The molecule has 0 aromatic rings. The van der Waals surface area contributed by atoms with Gasteiger partial charge in [-0.05, 0) is 64.3 Å². The van der Waals surface area contributed by atoms with Gasteiger partial charge in [-0.3, -0.25) is 4.90 Å². The van der Waals surface area contributed by atoms with Gasteiger partial charge in [-0.1, -0.05) is 6.92 Å². The molecule has 0 amide bonds. The van der Waals surface area contributed by atoms with Gasteiger partial charge in [0.15, 0.2) is 0 Å². The standard InChI is InChI=1S/C14H27N3/c1-2-15-13-5-9-17(10-6-13)14-11-16-7-3-12(14)4-8-16/h12-15H,2-11H2,1H3. The van der Waals surface area contributed by atoms with E-state index in [1.807, 2.05) is 0 Å². The molecule has 0 aliphatic carbocycles. The van der Waals surface area contributed by atoms with Crippen LogP contribution in [-0.2, 0) is 0 Å². The summed E-state index contributed by atoms with van der Waals surface area (Å²) >= 11 is 0. The van der Waals surface area contributed by atoms with Crippen LogP contribution in [0.2, 0.25) is 0 Å². The van der Waals surface area contributed by atoms with Crippen LogP contribution in [0.5, 0.6) is 0 Å². The van der Waals surface area contributed by atoms with E-state index in [0.717, 1.165) is 24.5 Å². The van der Waals surface area contributed by atoms with Gasteiger partial charge in [0.2, 0.25) is 0 Å². The van der Waals surface area contributed by atoms with Crippen molar-refractivity contribution in [2.75, 3.05) is 39.3 Å². The Hall–Kier alpha value is -0.120. The van der Waals surface area contributed by atoms with E-state index >= 15 is 0 Å². The van der Waals surface area contributed by atoms with E-state index in [2.05, 4.69) is 22.0 Å². The smallest absolute Gasteiger partial charge is 0.0252 e. The molecule has 3 nitrogen and oxygen atoms in total. The lowest BCUT2D eigenvalue weighted by Gasteiger charge is -2.50. The number of piperidine rings is 4. The number of hydrogen-bond donors (Lipinski definition) is 1. The number of hydrogen-bond acceptors (Lipinski definition) is 3. The molecule has 0 aromatic carbocycles. The molecule has 0 radical (unpaired) electrons. The minimum Gasteiger partial charge on any atom is -0.314 e. The maximum Gasteiger partial charge on any atom is 0.0252 e. The van der Waals surface area contributed by atoms with Crippen LogP contribution in [0, 0.1) is 5.92 Å². The molecule has 4 heterocycles. The second-order valence-corrected chi connectivity index (χ2v) is 6.07. The maximum absolute atomic E-state index is 3.60. The van der Waals surface area contributed by atoms with Crippen molar-refractivity contribution in [3.63, 3.8) is 0 Å². The molecule has 1 N–H and O–H groups in total. The summed E-state index contributed by atoms with van der Waals surface area (Å²) in [5.74, 6) is 1.01. The molecule has 0 spiro atoms. The highest BCUT2D eigenvalue weighted by Crippen LogP contribution is 2.32. The minimum atomic E-state index is 0.789. The molecule has 3 heteroatoms. The van der Waals surface area contributed by atoms with Crippen molar-refractivity contribution >= 4 is 0 Å². The molecule has 0 aromatic heterocycles. The molecule has 2 bridgehead atoms. The Labute approximate surface area is 106 Å². The SMILES string of the molecule is CCNC1CCN(C2CN3CCC2CC3)CC1. The van der Waals surface area contributed by atoms with E-state index in [9.17, 15) is 0 Å². The maximum atomic E-state index is 3.60. The molecule has 4 aliphatic heterocycles. The fourth-order valence-electron chi connectivity index (χ4n) is 4.07. The Kier molecular flexibility index (Phi) is 3.69. The molecule has 1 unspecified atom stereocenters. The van der Waals surface area contributed by atoms with Gasteiger partial charge < -0.3 is 10.2 Å². The van der Waals surface area contributed by atoms with Gasteiger partial charge in [0.1, 0.15) is 0 Å². The predicted molar refractivity (Wildman–Crippen MR) is 71.2 cm³/mol. The third-order valence-electron chi connectivity index (χ3n) is 5.11. The Balaban J connectivity index is 1.53. The average Bonchev–Trinajstić information content (AvgIpc) is 2.41. The topological polar surface area (TPSA) is 18.5 Å². The zero-order chi connectivity index (χ0) is 11.7. The number of nitrogens with zero attached hydrogens (tertiary/aromatic N) is 2. The third kappa shape index (κ3) is 2.51. The molecule has 4 saturated heterocycles. The summed E-state index contributed by atoms with van der Waals surface area (Å²) in [6, 6.07) is 1.68. The van der Waals surface area contributed by atoms with Crippen LogP contribution in [0.1, 0.15) is 32.6 Å². The Morgan fingerprint density at radius 1 is 1.00 bits per heavy atom. The molecule has 0 saturated carbocycles. The highest BCUT2D eigenvalue weighted by Gasteiger charge is 2.38. The zero-order valence-electron chi connectivity index (χ0n) is 11.2. The largest absolute Gasteiger partial charge is 0.314 e. The van der Waals surface area contributed by atoms with Gasteiger partial charge >= 0.3 is 0 Å². The van der Waals surface area contributed by atoms with Crippen molar-refractivity contribution in [3.05, 3.63) is 0 Å². The molecule has 4 fully saturated rings. The monoisotopic (exact) mass is 237 g/mol. The van der Waals surface area contributed by atoms with Crippen molar-refractivity contribution in [2.24, 2.45) is 5.92 Å². The van der Waals surface area contributed by atoms with Gasteiger partial charge in [0, 0.05) is 18.6 Å². The molecular formula is C14H27N3. The van der Waals surface area contributed by atoms with E-state index in [1.54, 1.807) is 0 Å².